The molecule has 114 valence electrons. The highest BCUT2D eigenvalue weighted by atomic mass is 127. The van der Waals surface area contributed by atoms with E-state index in [0.717, 1.165) is 5.56 Å². The summed E-state index contributed by atoms with van der Waals surface area (Å²) in [6, 6.07) is 12.0. The highest BCUT2D eigenvalue weighted by Gasteiger charge is 2.17. The predicted molar refractivity (Wildman–Crippen MR) is 91.4 cm³/mol. The van der Waals surface area contributed by atoms with Gasteiger partial charge in [0.15, 0.2) is 0 Å². The van der Waals surface area contributed by atoms with Crippen LogP contribution in [0, 0.1) is 3.57 Å². The Hall–Kier alpha value is -1.80. The van der Waals surface area contributed by atoms with E-state index >= 15 is 0 Å². The van der Waals surface area contributed by atoms with Gasteiger partial charge in [-0.1, -0.05) is 41.9 Å². The van der Waals surface area contributed by atoms with Crippen LogP contribution in [-0.4, -0.2) is 17.2 Å². The van der Waals surface area contributed by atoms with Crippen molar-refractivity contribution in [2.45, 2.75) is 6.61 Å². The number of rotatable bonds is 4. The molecule has 0 aliphatic rings. The molecule has 2 N–H and O–H groups in total. The first kappa shape index (κ1) is 16.6. The third kappa shape index (κ3) is 4.35. The van der Waals surface area contributed by atoms with Crippen molar-refractivity contribution in [3.63, 3.8) is 0 Å². The first-order chi connectivity index (χ1) is 10.5. The number of halogens is 2. The zero-order chi connectivity index (χ0) is 16.1. The molecule has 2 rings (SSSR count). The van der Waals surface area contributed by atoms with Crippen LogP contribution < -0.4 is 5.32 Å². The van der Waals surface area contributed by atoms with E-state index in [-0.39, 0.29) is 22.9 Å². The van der Waals surface area contributed by atoms with E-state index < -0.39 is 12.1 Å². The molecule has 2 aromatic carbocycles. The average molecular weight is 432 g/mol. The lowest BCUT2D eigenvalue weighted by molar-refractivity contribution is 0.0698. The van der Waals surface area contributed by atoms with Crippen LogP contribution >= 0.6 is 34.2 Å². The first-order valence-corrected chi connectivity index (χ1v) is 7.63. The molecule has 0 aliphatic heterocycles. The van der Waals surface area contributed by atoms with Crippen LogP contribution in [-0.2, 0) is 11.3 Å². The molecule has 2 aromatic rings. The maximum absolute atomic E-state index is 11.8. The number of carbonyl (C=O) groups excluding carboxylic acids is 1. The normalized spacial score (nSPS) is 10.1. The van der Waals surface area contributed by atoms with Crippen molar-refractivity contribution >= 4 is 51.9 Å². The summed E-state index contributed by atoms with van der Waals surface area (Å²) in [4.78, 5) is 23.1. The van der Waals surface area contributed by atoms with Crippen molar-refractivity contribution in [1.82, 2.24) is 0 Å². The van der Waals surface area contributed by atoms with Gasteiger partial charge in [0.2, 0.25) is 0 Å². The van der Waals surface area contributed by atoms with E-state index in [0.29, 0.717) is 3.57 Å². The Morgan fingerprint density at radius 1 is 1.23 bits per heavy atom. The van der Waals surface area contributed by atoms with Crippen LogP contribution in [0.2, 0.25) is 5.02 Å². The second-order valence-electron chi connectivity index (χ2n) is 4.30. The summed E-state index contributed by atoms with van der Waals surface area (Å²) in [5.41, 5.74) is 0.908. The lowest BCUT2D eigenvalue weighted by Crippen LogP contribution is -2.17. The van der Waals surface area contributed by atoms with E-state index in [1.54, 1.807) is 6.07 Å². The number of carboxylic acid groups (broad SMARTS) is 1. The van der Waals surface area contributed by atoms with Crippen LogP contribution in [0.5, 0.6) is 0 Å². The second-order valence-corrected chi connectivity index (χ2v) is 5.90. The number of carbonyl (C=O) groups is 2. The molecule has 22 heavy (non-hydrogen) atoms. The lowest BCUT2D eigenvalue weighted by atomic mass is 10.2. The molecule has 0 aromatic heterocycles. The van der Waals surface area contributed by atoms with Crippen molar-refractivity contribution in [1.29, 1.82) is 0 Å². The van der Waals surface area contributed by atoms with Gasteiger partial charge in [-0.25, -0.2) is 9.59 Å². The van der Waals surface area contributed by atoms with Gasteiger partial charge in [-0.15, -0.1) is 0 Å². The van der Waals surface area contributed by atoms with E-state index in [1.165, 1.54) is 6.07 Å². The summed E-state index contributed by atoms with van der Waals surface area (Å²) < 4.78 is 5.59. The molecule has 0 bridgehead atoms. The molecule has 0 spiro atoms. The Morgan fingerprint density at radius 2 is 1.91 bits per heavy atom. The standard InChI is InChI=1S/C15H11ClINO4/c16-10-6-11(14(19)20)13(12(17)7-10)18-15(21)22-8-9-4-2-1-3-5-9/h1-7H,8H2,(H,18,21)(H,19,20). The number of benzene rings is 2. The van der Waals surface area contributed by atoms with E-state index in [2.05, 4.69) is 5.32 Å². The molecule has 0 atom stereocenters. The third-order valence-corrected chi connectivity index (χ3v) is 3.79. The summed E-state index contributed by atoms with van der Waals surface area (Å²) in [6.07, 6.45) is -0.730. The molecular weight excluding hydrogens is 421 g/mol. The van der Waals surface area contributed by atoms with Crippen LogP contribution in [0.3, 0.4) is 0 Å². The number of hydrogen-bond acceptors (Lipinski definition) is 3. The molecule has 0 heterocycles. The highest BCUT2D eigenvalue weighted by molar-refractivity contribution is 14.1. The van der Waals surface area contributed by atoms with Crippen molar-refractivity contribution in [3.05, 3.63) is 62.2 Å². The summed E-state index contributed by atoms with van der Waals surface area (Å²) >= 11 is 7.73. The summed E-state index contributed by atoms with van der Waals surface area (Å²) in [5.74, 6) is -1.18. The summed E-state index contributed by atoms with van der Waals surface area (Å²) in [6.45, 7) is 0.0965. The largest absolute Gasteiger partial charge is 0.478 e. The van der Waals surface area contributed by atoms with Gasteiger partial charge in [0.25, 0.3) is 0 Å². The predicted octanol–water partition coefficient (Wildman–Crippen LogP) is 4.39. The van der Waals surface area contributed by atoms with Crippen LogP contribution in [0.4, 0.5) is 10.5 Å². The maximum atomic E-state index is 11.8. The summed E-state index contributed by atoms with van der Waals surface area (Å²) in [7, 11) is 0. The number of hydrogen-bond donors (Lipinski definition) is 2. The molecule has 0 saturated heterocycles. The van der Waals surface area contributed by atoms with Gasteiger partial charge in [-0.3, -0.25) is 5.32 Å². The minimum Gasteiger partial charge on any atom is -0.478 e. The molecule has 1 amide bonds. The summed E-state index contributed by atoms with van der Waals surface area (Å²) in [5, 5.41) is 11.9. The number of ether oxygens (including phenoxy) is 1. The Labute approximate surface area is 145 Å². The SMILES string of the molecule is O=C(Nc1c(I)cc(Cl)cc1C(=O)O)OCc1ccccc1. The van der Waals surface area contributed by atoms with Crippen LogP contribution in [0.15, 0.2) is 42.5 Å². The molecule has 0 radical (unpaired) electrons. The van der Waals surface area contributed by atoms with Gasteiger partial charge in [-0.05, 0) is 40.3 Å². The Kier molecular flexibility index (Phi) is 5.62. The average Bonchev–Trinajstić information content (AvgIpc) is 2.48. The molecule has 5 nitrogen and oxygen atoms in total. The second kappa shape index (κ2) is 7.46. The number of carboxylic acids is 1. The fourth-order valence-corrected chi connectivity index (χ4v) is 2.89. The minimum absolute atomic E-state index is 0.0893. The zero-order valence-corrected chi connectivity index (χ0v) is 14.1. The van der Waals surface area contributed by atoms with E-state index in [4.69, 9.17) is 16.3 Å². The first-order valence-electron chi connectivity index (χ1n) is 6.17. The quantitative estimate of drug-likeness (QED) is 0.704. The highest BCUT2D eigenvalue weighted by Crippen LogP contribution is 2.27. The molecular formula is C15H11ClINO4. The van der Waals surface area contributed by atoms with Gasteiger partial charge in [0.1, 0.15) is 6.61 Å². The fourth-order valence-electron chi connectivity index (χ4n) is 1.73. The van der Waals surface area contributed by atoms with Gasteiger partial charge in [0.05, 0.1) is 11.3 Å². The number of amides is 1. The number of aromatic carboxylic acids is 1. The molecule has 0 saturated carbocycles. The monoisotopic (exact) mass is 431 g/mol. The van der Waals surface area contributed by atoms with Crippen molar-refractivity contribution in [2.75, 3.05) is 5.32 Å². The van der Waals surface area contributed by atoms with Gasteiger partial charge >= 0.3 is 12.1 Å². The van der Waals surface area contributed by atoms with Crippen LogP contribution in [0.25, 0.3) is 0 Å². The maximum Gasteiger partial charge on any atom is 0.412 e. The lowest BCUT2D eigenvalue weighted by Gasteiger charge is -2.12. The molecule has 0 aliphatic carbocycles. The third-order valence-electron chi connectivity index (χ3n) is 2.73. The van der Waals surface area contributed by atoms with Crippen molar-refractivity contribution in [2.24, 2.45) is 0 Å². The van der Waals surface area contributed by atoms with Gasteiger partial charge in [0, 0.05) is 8.59 Å². The van der Waals surface area contributed by atoms with E-state index in [9.17, 15) is 14.7 Å². The van der Waals surface area contributed by atoms with E-state index in [1.807, 2.05) is 52.9 Å². The molecule has 7 heteroatoms. The van der Waals surface area contributed by atoms with Gasteiger partial charge < -0.3 is 9.84 Å². The number of anilines is 1. The molecule has 0 unspecified atom stereocenters. The van der Waals surface area contributed by atoms with Crippen molar-refractivity contribution in [3.8, 4) is 0 Å². The Morgan fingerprint density at radius 3 is 2.55 bits per heavy atom. The molecule has 0 fully saturated rings. The Balaban J connectivity index is 2.10. The number of nitrogens with one attached hydrogen (secondary N) is 1. The zero-order valence-electron chi connectivity index (χ0n) is 11.2. The van der Waals surface area contributed by atoms with Gasteiger partial charge in [-0.2, -0.15) is 0 Å². The minimum atomic E-state index is -1.18. The topological polar surface area (TPSA) is 75.6 Å². The van der Waals surface area contributed by atoms with Crippen molar-refractivity contribution < 1.29 is 19.4 Å². The Bertz CT molecular complexity index is 706. The van der Waals surface area contributed by atoms with Crippen LogP contribution in [0.1, 0.15) is 15.9 Å². The fraction of sp³-hybridized carbons (Fsp3) is 0.0667. The smallest absolute Gasteiger partial charge is 0.412 e.